The molecule has 0 saturated carbocycles. The van der Waals surface area contributed by atoms with E-state index in [0.29, 0.717) is 6.54 Å². The second kappa shape index (κ2) is 5.21. The number of aliphatic hydroxyl groups excluding tert-OH is 1. The van der Waals surface area contributed by atoms with Crippen molar-refractivity contribution in [1.29, 1.82) is 0 Å². The molecular weight excluding hydrogens is 240 g/mol. The zero-order valence-electron chi connectivity index (χ0n) is 12.0. The number of nitrogens with zero attached hydrogens (tertiary/aromatic N) is 1. The maximum absolute atomic E-state index is 11.9. The van der Waals surface area contributed by atoms with Gasteiger partial charge in [0.2, 0.25) is 5.91 Å². The Balaban J connectivity index is 2.51. The highest BCUT2D eigenvalue weighted by molar-refractivity contribution is 5.87. The van der Waals surface area contributed by atoms with E-state index < -0.39 is 6.04 Å². The average Bonchev–Trinajstić information content (AvgIpc) is 2.32. The van der Waals surface area contributed by atoms with Crippen molar-refractivity contribution in [2.24, 2.45) is 0 Å². The Hall–Kier alpha value is -1.55. The Labute approximate surface area is 114 Å². The number of carbonyl (C=O) groups is 1. The van der Waals surface area contributed by atoms with E-state index in [-0.39, 0.29) is 18.6 Å². The molecule has 0 radical (unpaired) electrons. The summed E-state index contributed by atoms with van der Waals surface area (Å²) in [6, 6.07) is 3.92. The Kier molecular flexibility index (Phi) is 3.80. The number of carbonyl (C=O) groups excluding carboxylic acids is 1. The summed E-state index contributed by atoms with van der Waals surface area (Å²) in [5.74, 6) is -0.0972. The topological polar surface area (TPSA) is 52.6 Å². The molecule has 2 atom stereocenters. The van der Waals surface area contributed by atoms with Gasteiger partial charge in [0.05, 0.1) is 6.61 Å². The number of hydrogen-bond acceptors (Lipinski definition) is 3. The Bertz CT molecular complexity index is 476. The van der Waals surface area contributed by atoms with Gasteiger partial charge in [0.15, 0.2) is 0 Å². The fourth-order valence-electron chi connectivity index (χ4n) is 3.02. The lowest BCUT2D eigenvalue weighted by Crippen LogP contribution is -2.61. The van der Waals surface area contributed by atoms with Crippen LogP contribution in [0.3, 0.4) is 0 Å². The molecule has 1 saturated heterocycles. The molecule has 1 amide bonds. The van der Waals surface area contributed by atoms with Gasteiger partial charge in [-0.1, -0.05) is 17.7 Å². The third-order valence-electron chi connectivity index (χ3n) is 3.75. The first-order valence-electron chi connectivity index (χ1n) is 6.70. The minimum absolute atomic E-state index is 0.0972. The number of hydrogen-bond donors (Lipinski definition) is 2. The Morgan fingerprint density at radius 1 is 1.32 bits per heavy atom. The van der Waals surface area contributed by atoms with Gasteiger partial charge in [-0.3, -0.25) is 4.79 Å². The SMILES string of the molecule is Cc1cc(C)c(N2C(C)CNC(=O)C2CO)c(C)c1. The highest BCUT2D eigenvalue weighted by Crippen LogP contribution is 2.30. The molecule has 19 heavy (non-hydrogen) atoms. The number of benzene rings is 1. The summed E-state index contributed by atoms with van der Waals surface area (Å²) in [5, 5.41) is 12.4. The van der Waals surface area contributed by atoms with Crippen LogP contribution in [0.4, 0.5) is 5.69 Å². The van der Waals surface area contributed by atoms with Gasteiger partial charge in [-0.05, 0) is 38.8 Å². The summed E-state index contributed by atoms with van der Waals surface area (Å²) in [4.78, 5) is 14.0. The summed E-state index contributed by atoms with van der Waals surface area (Å²) >= 11 is 0. The van der Waals surface area contributed by atoms with Crippen molar-refractivity contribution in [1.82, 2.24) is 5.32 Å². The molecular formula is C15H22N2O2. The van der Waals surface area contributed by atoms with Crippen LogP contribution in [0.5, 0.6) is 0 Å². The first-order valence-corrected chi connectivity index (χ1v) is 6.70. The average molecular weight is 262 g/mol. The van der Waals surface area contributed by atoms with Crippen LogP contribution in [-0.2, 0) is 4.79 Å². The molecule has 1 aromatic rings. The number of nitrogens with one attached hydrogen (secondary N) is 1. The van der Waals surface area contributed by atoms with Crippen LogP contribution in [0.1, 0.15) is 23.6 Å². The summed E-state index contributed by atoms with van der Waals surface area (Å²) < 4.78 is 0. The van der Waals surface area contributed by atoms with Crippen molar-refractivity contribution in [2.45, 2.75) is 39.8 Å². The van der Waals surface area contributed by atoms with E-state index in [9.17, 15) is 9.90 Å². The molecule has 4 nitrogen and oxygen atoms in total. The number of amides is 1. The van der Waals surface area contributed by atoms with Crippen molar-refractivity contribution >= 4 is 11.6 Å². The lowest BCUT2D eigenvalue weighted by Gasteiger charge is -2.42. The van der Waals surface area contributed by atoms with Gasteiger partial charge in [-0.15, -0.1) is 0 Å². The van der Waals surface area contributed by atoms with E-state index in [4.69, 9.17) is 0 Å². The first-order chi connectivity index (χ1) is 8.95. The fraction of sp³-hybridized carbons (Fsp3) is 0.533. The molecule has 0 bridgehead atoms. The smallest absolute Gasteiger partial charge is 0.245 e. The third kappa shape index (κ3) is 2.45. The molecule has 2 N–H and O–H groups in total. The summed E-state index contributed by atoms with van der Waals surface area (Å²) in [6.45, 7) is 8.71. The summed E-state index contributed by atoms with van der Waals surface area (Å²) in [5.41, 5.74) is 4.59. The van der Waals surface area contributed by atoms with Gasteiger partial charge < -0.3 is 15.3 Å². The zero-order valence-corrected chi connectivity index (χ0v) is 12.0. The molecule has 1 fully saturated rings. The van der Waals surface area contributed by atoms with Crippen molar-refractivity contribution in [2.75, 3.05) is 18.1 Å². The lowest BCUT2D eigenvalue weighted by molar-refractivity contribution is -0.124. The maximum Gasteiger partial charge on any atom is 0.245 e. The standard InChI is InChI=1S/C15H22N2O2/c1-9-5-10(2)14(11(3)6-9)17-12(4)7-16-15(19)13(17)8-18/h5-6,12-13,18H,7-8H2,1-4H3,(H,16,19). The van der Waals surface area contributed by atoms with E-state index in [1.54, 1.807) is 0 Å². The van der Waals surface area contributed by atoms with Gasteiger partial charge in [0.1, 0.15) is 6.04 Å². The van der Waals surface area contributed by atoms with Crippen LogP contribution in [0.2, 0.25) is 0 Å². The van der Waals surface area contributed by atoms with Crippen LogP contribution < -0.4 is 10.2 Å². The highest BCUT2D eigenvalue weighted by atomic mass is 16.3. The number of rotatable bonds is 2. The predicted octanol–water partition coefficient (Wildman–Crippen LogP) is 1.30. The van der Waals surface area contributed by atoms with Gasteiger partial charge in [0.25, 0.3) is 0 Å². The molecule has 1 aliphatic rings. The van der Waals surface area contributed by atoms with Crippen molar-refractivity contribution in [3.63, 3.8) is 0 Å². The molecule has 104 valence electrons. The Morgan fingerprint density at radius 2 is 1.89 bits per heavy atom. The van der Waals surface area contributed by atoms with E-state index in [0.717, 1.165) is 16.8 Å². The van der Waals surface area contributed by atoms with E-state index in [1.165, 1.54) is 5.56 Å². The van der Waals surface area contributed by atoms with Crippen molar-refractivity contribution < 1.29 is 9.90 Å². The fourth-order valence-corrected chi connectivity index (χ4v) is 3.02. The van der Waals surface area contributed by atoms with Crippen LogP contribution in [0.25, 0.3) is 0 Å². The monoisotopic (exact) mass is 262 g/mol. The summed E-state index contributed by atoms with van der Waals surface area (Å²) in [7, 11) is 0. The minimum Gasteiger partial charge on any atom is -0.394 e. The molecule has 1 aromatic carbocycles. The van der Waals surface area contributed by atoms with E-state index in [1.807, 2.05) is 0 Å². The minimum atomic E-state index is -0.496. The van der Waals surface area contributed by atoms with E-state index >= 15 is 0 Å². The second-order valence-corrected chi connectivity index (χ2v) is 5.45. The molecule has 2 rings (SSSR count). The number of anilines is 1. The van der Waals surface area contributed by atoms with Crippen LogP contribution >= 0.6 is 0 Å². The van der Waals surface area contributed by atoms with Crippen molar-refractivity contribution in [3.05, 3.63) is 28.8 Å². The molecule has 1 aliphatic heterocycles. The number of piperazine rings is 1. The van der Waals surface area contributed by atoms with Gasteiger partial charge in [-0.2, -0.15) is 0 Å². The molecule has 0 aromatic heterocycles. The first kappa shape index (κ1) is 13.9. The normalized spacial score (nSPS) is 23.4. The second-order valence-electron chi connectivity index (χ2n) is 5.45. The molecule has 0 spiro atoms. The Morgan fingerprint density at radius 3 is 2.42 bits per heavy atom. The molecule has 0 aliphatic carbocycles. The number of aliphatic hydroxyl groups is 1. The quantitative estimate of drug-likeness (QED) is 0.844. The third-order valence-corrected chi connectivity index (χ3v) is 3.75. The summed E-state index contributed by atoms with van der Waals surface area (Å²) in [6.07, 6.45) is 0. The predicted molar refractivity (Wildman–Crippen MR) is 76.5 cm³/mol. The number of aryl methyl sites for hydroxylation is 3. The molecule has 2 unspecified atom stereocenters. The lowest BCUT2D eigenvalue weighted by atomic mass is 9.99. The van der Waals surface area contributed by atoms with E-state index in [2.05, 4.69) is 50.0 Å². The van der Waals surface area contributed by atoms with Gasteiger partial charge >= 0.3 is 0 Å². The van der Waals surface area contributed by atoms with Gasteiger partial charge in [0, 0.05) is 18.3 Å². The molecule has 1 heterocycles. The largest absolute Gasteiger partial charge is 0.394 e. The van der Waals surface area contributed by atoms with Crippen LogP contribution in [0, 0.1) is 20.8 Å². The highest BCUT2D eigenvalue weighted by Gasteiger charge is 2.35. The van der Waals surface area contributed by atoms with Crippen LogP contribution in [0.15, 0.2) is 12.1 Å². The maximum atomic E-state index is 11.9. The van der Waals surface area contributed by atoms with Gasteiger partial charge in [-0.25, -0.2) is 0 Å². The molecule has 4 heteroatoms. The van der Waals surface area contributed by atoms with Crippen LogP contribution in [-0.4, -0.2) is 36.2 Å². The van der Waals surface area contributed by atoms with Crippen molar-refractivity contribution in [3.8, 4) is 0 Å². The zero-order chi connectivity index (χ0) is 14.2.